The molecule has 1 aliphatic rings. The minimum absolute atomic E-state index is 0.0244. The third kappa shape index (κ3) is 2.33. The van der Waals surface area contributed by atoms with Gasteiger partial charge in [0.1, 0.15) is 5.75 Å². The lowest BCUT2D eigenvalue weighted by Gasteiger charge is -2.16. The zero-order chi connectivity index (χ0) is 16.5. The Balaban J connectivity index is 1.96. The van der Waals surface area contributed by atoms with E-state index in [0.717, 1.165) is 16.9 Å². The standard InChI is InChI=1S/C21H18BNO/c1-15-19(12-7-13-21(15)24-2)22-20-11-6-5-10-18(20)17-9-4-3-8-16(17)14-23-22/h3-14H,1-2H3. The number of ether oxygens (including phenoxy) is 1. The van der Waals surface area contributed by atoms with E-state index in [1.165, 1.54) is 22.1 Å². The summed E-state index contributed by atoms with van der Waals surface area (Å²) in [7, 11) is 1.71. The van der Waals surface area contributed by atoms with Crippen LogP contribution in [-0.2, 0) is 0 Å². The fraction of sp³-hybridized carbons (Fsp3) is 0.0952. The van der Waals surface area contributed by atoms with Crippen LogP contribution >= 0.6 is 0 Å². The molecule has 0 aromatic heterocycles. The van der Waals surface area contributed by atoms with Gasteiger partial charge in [-0.2, -0.15) is 0 Å². The Bertz CT molecular complexity index is 933. The minimum atomic E-state index is -0.0244. The normalized spacial score (nSPS) is 12.3. The molecule has 24 heavy (non-hydrogen) atoms. The molecule has 0 saturated carbocycles. The lowest BCUT2D eigenvalue weighted by atomic mass is 9.49. The Morgan fingerprint density at radius 3 is 2.33 bits per heavy atom. The van der Waals surface area contributed by atoms with E-state index in [0.29, 0.717) is 0 Å². The maximum absolute atomic E-state index is 5.51. The highest BCUT2D eigenvalue weighted by atomic mass is 16.5. The Labute approximate surface area is 142 Å². The first-order valence-electron chi connectivity index (χ1n) is 8.14. The van der Waals surface area contributed by atoms with Crippen LogP contribution in [0.5, 0.6) is 5.75 Å². The van der Waals surface area contributed by atoms with Crippen LogP contribution in [0.2, 0.25) is 0 Å². The number of benzene rings is 3. The van der Waals surface area contributed by atoms with Crippen LogP contribution in [0.1, 0.15) is 11.1 Å². The highest BCUT2D eigenvalue weighted by Crippen LogP contribution is 2.24. The van der Waals surface area contributed by atoms with E-state index in [4.69, 9.17) is 9.64 Å². The van der Waals surface area contributed by atoms with Gasteiger partial charge in [-0.1, -0.05) is 60.7 Å². The van der Waals surface area contributed by atoms with Crippen LogP contribution in [0.15, 0.2) is 71.6 Å². The van der Waals surface area contributed by atoms with Gasteiger partial charge in [-0.3, -0.25) is 0 Å². The van der Waals surface area contributed by atoms with Crippen LogP contribution in [0, 0.1) is 6.92 Å². The topological polar surface area (TPSA) is 21.6 Å². The van der Waals surface area contributed by atoms with Crippen molar-refractivity contribution in [3.05, 3.63) is 77.9 Å². The van der Waals surface area contributed by atoms with Crippen LogP contribution < -0.4 is 15.7 Å². The third-order valence-corrected chi connectivity index (χ3v) is 4.71. The Morgan fingerprint density at radius 1 is 0.792 bits per heavy atom. The maximum atomic E-state index is 5.51. The highest BCUT2D eigenvalue weighted by Gasteiger charge is 2.27. The first kappa shape index (κ1) is 14.8. The molecule has 0 amide bonds. The molecule has 0 N–H and O–H groups in total. The van der Waals surface area contributed by atoms with E-state index < -0.39 is 0 Å². The molecule has 0 unspecified atom stereocenters. The van der Waals surface area contributed by atoms with Gasteiger partial charge in [-0.25, -0.2) is 0 Å². The second kappa shape index (κ2) is 6.01. The fourth-order valence-corrected chi connectivity index (χ4v) is 3.47. The smallest absolute Gasteiger partial charge is 0.345 e. The fourth-order valence-electron chi connectivity index (χ4n) is 3.47. The van der Waals surface area contributed by atoms with E-state index in [-0.39, 0.29) is 6.85 Å². The summed E-state index contributed by atoms with van der Waals surface area (Å²) in [6, 6.07) is 23.2. The summed E-state index contributed by atoms with van der Waals surface area (Å²) in [6.45, 7) is 2.08. The molecule has 1 heterocycles. The molecule has 4 rings (SSSR count). The molecule has 0 bridgehead atoms. The predicted octanol–water partition coefficient (Wildman–Crippen LogP) is 3.21. The number of fused-ring (bicyclic) bond motifs is 3. The van der Waals surface area contributed by atoms with Crippen molar-refractivity contribution in [2.24, 2.45) is 4.90 Å². The van der Waals surface area contributed by atoms with E-state index >= 15 is 0 Å². The lowest BCUT2D eigenvalue weighted by molar-refractivity contribution is 0.412. The number of nitrogens with zero attached hydrogens (tertiary/aromatic N) is 1. The second-order valence-corrected chi connectivity index (χ2v) is 6.03. The van der Waals surface area contributed by atoms with Gasteiger partial charge in [0.25, 0.3) is 0 Å². The summed E-state index contributed by atoms with van der Waals surface area (Å²) in [5, 5.41) is 0. The predicted molar refractivity (Wildman–Crippen MR) is 102 cm³/mol. The zero-order valence-corrected chi connectivity index (χ0v) is 13.9. The molecular formula is C21H18BNO. The molecule has 1 aliphatic heterocycles. The second-order valence-electron chi connectivity index (χ2n) is 6.03. The van der Waals surface area contributed by atoms with Gasteiger partial charge in [0, 0.05) is 6.21 Å². The van der Waals surface area contributed by atoms with Crippen LogP contribution in [-0.4, -0.2) is 20.2 Å². The van der Waals surface area contributed by atoms with Gasteiger partial charge in [0.05, 0.1) is 7.11 Å². The van der Waals surface area contributed by atoms with Crippen LogP contribution in [0.3, 0.4) is 0 Å². The monoisotopic (exact) mass is 311 g/mol. The SMILES string of the molecule is COc1cccc(B2N=Cc3ccccc3-c3ccccc32)c1C. The quantitative estimate of drug-likeness (QED) is 0.666. The van der Waals surface area contributed by atoms with Crippen molar-refractivity contribution >= 4 is 24.0 Å². The van der Waals surface area contributed by atoms with Crippen LogP contribution in [0.4, 0.5) is 0 Å². The van der Waals surface area contributed by atoms with Gasteiger partial charge in [0.15, 0.2) is 0 Å². The molecule has 0 radical (unpaired) electrons. The Morgan fingerprint density at radius 2 is 1.50 bits per heavy atom. The van der Waals surface area contributed by atoms with Crippen molar-refractivity contribution in [2.75, 3.05) is 7.11 Å². The summed E-state index contributed by atoms with van der Waals surface area (Å²) in [5.41, 5.74) is 7.20. The molecule has 0 aliphatic carbocycles. The van der Waals surface area contributed by atoms with E-state index in [9.17, 15) is 0 Å². The average Bonchev–Trinajstić information content (AvgIpc) is 2.79. The molecular weight excluding hydrogens is 293 g/mol. The van der Waals surface area contributed by atoms with Gasteiger partial charge >= 0.3 is 6.85 Å². The molecule has 116 valence electrons. The van der Waals surface area contributed by atoms with Crippen LogP contribution in [0.25, 0.3) is 11.1 Å². The van der Waals surface area contributed by atoms with Crippen molar-refractivity contribution in [3.63, 3.8) is 0 Å². The van der Waals surface area contributed by atoms with E-state index in [2.05, 4.69) is 61.5 Å². The molecule has 3 heteroatoms. The van der Waals surface area contributed by atoms with E-state index in [1.807, 2.05) is 18.3 Å². The number of hydrogen-bond donors (Lipinski definition) is 0. The van der Waals surface area contributed by atoms with Gasteiger partial charge in [0.2, 0.25) is 0 Å². The number of hydrogen-bond acceptors (Lipinski definition) is 2. The lowest BCUT2D eigenvalue weighted by Crippen LogP contribution is -2.42. The first-order chi connectivity index (χ1) is 11.8. The molecule has 3 aromatic carbocycles. The van der Waals surface area contributed by atoms with Crippen molar-refractivity contribution in [2.45, 2.75) is 6.92 Å². The summed E-state index contributed by atoms with van der Waals surface area (Å²) in [4.78, 5) is 4.93. The van der Waals surface area contributed by atoms with Crippen molar-refractivity contribution in [1.29, 1.82) is 0 Å². The molecule has 0 saturated heterocycles. The first-order valence-corrected chi connectivity index (χ1v) is 8.14. The third-order valence-electron chi connectivity index (χ3n) is 4.71. The number of rotatable bonds is 2. The molecule has 3 aromatic rings. The average molecular weight is 311 g/mol. The Hall–Kier alpha value is -2.81. The van der Waals surface area contributed by atoms with Gasteiger partial charge in [-0.05, 0) is 46.2 Å². The molecule has 2 nitrogen and oxygen atoms in total. The molecule has 0 atom stereocenters. The Kier molecular flexibility index (Phi) is 3.70. The zero-order valence-electron chi connectivity index (χ0n) is 13.9. The summed E-state index contributed by atoms with van der Waals surface area (Å²) < 4.78 is 5.51. The number of methoxy groups -OCH3 is 1. The molecule has 0 spiro atoms. The minimum Gasteiger partial charge on any atom is -0.497 e. The molecule has 0 fully saturated rings. The van der Waals surface area contributed by atoms with Crippen molar-refractivity contribution in [1.82, 2.24) is 0 Å². The van der Waals surface area contributed by atoms with Gasteiger partial charge in [-0.15, -0.1) is 0 Å². The van der Waals surface area contributed by atoms with Crippen molar-refractivity contribution in [3.8, 4) is 16.9 Å². The summed E-state index contributed by atoms with van der Waals surface area (Å²) in [6.07, 6.45) is 2.00. The van der Waals surface area contributed by atoms with Gasteiger partial charge < -0.3 is 9.64 Å². The van der Waals surface area contributed by atoms with Crippen molar-refractivity contribution < 1.29 is 4.74 Å². The largest absolute Gasteiger partial charge is 0.497 e. The summed E-state index contributed by atoms with van der Waals surface area (Å²) >= 11 is 0. The highest BCUT2D eigenvalue weighted by molar-refractivity contribution is 6.86. The summed E-state index contributed by atoms with van der Waals surface area (Å²) in [5.74, 6) is 0.905. The maximum Gasteiger partial charge on any atom is 0.345 e. The van der Waals surface area contributed by atoms with E-state index in [1.54, 1.807) is 7.11 Å².